The van der Waals surface area contributed by atoms with E-state index < -0.39 is 0 Å². The Bertz CT molecular complexity index is 1420. The van der Waals surface area contributed by atoms with E-state index in [1.165, 1.54) is 25.7 Å². The average molecular weight is 434 g/mol. The van der Waals surface area contributed by atoms with Gasteiger partial charge in [0.1, 0.15) is 12.1 Å². The maximum atomic E-state index is 9.11. The molecule has 7 heteroatoms. The van der Waals surface area contributed by atoms with Gasteiger partial charge in [-0.25, -0.2) is 4.98 Å². The Balaban J connectivity index is 1.29. The van der Waals surface area contributed by atoms with Gasteiger partial charge in [-0.15, -0.1) is 10.2 Å². The van der Waals surface area contributed by atoms with Crippen molar-refractivity contribution < 1.29 is 0 Å². The number of hydrogen-bond donors (Lipinski definition) is 0. The predicted molar refractivity (Wildman–Crippen MR) is 125 cm³/mol. The number of anilines is 1. The van der Waals surface area contributed by atoms with Crippen LogP contribution in [0.2, 0.25) is 0 Å². The molecule has 7 rings (SSSR count). The third-order valence-corrected chi connectivity index (χ3v) is 7.71. The van der Waals surface area contributed by atoms with Gasteiger partial charge in [0.15, 0.2) is 5.82 Å². The van der Waals surface area contributed by atoms with Crippen molar-refractivity contribution in [3.05, 3.63) is 66.2 Å². The van der Waals surface area contributed by atoms with E-state index in [-0.39, 0.29) is 0 Å². The highest BCUT2D eigenvalue weighted by Gasteiger charge is 2.43. The van der Waals surface area contributed by atoms with E-state index in [2.05, 4.69) is 50.1 Å². The second-order valence-electron chi connectivity index (χ2n) is 9.62. The summed E-state index contributed by atoms with van der Waals surface area (Å²) in [4.78, 5) is 7.62. The Kier molecular flexibility index (Phi) is 3.83. The summed E-state index contributed by atoms with van der Waals surface area (Å²) in [7, 11) is 0. The Labute approximate surface area is 191 Å². The lowest BCUT2D eigenvalue weighted by atomic mass is 9.68. The molecule has 162 valence electrons. The number of benzene rings is 1. The first-order valence-electron chi connectivity index (χ1n) is 11.6. The van der Waals surface area contributed by atoms with Gasteiger partial charge < -0.3 is 9.47 Å². The number of nitriles is 1. The van der Waals surface area contributed by atoms with Gasteiger partial charge in [0.2, 0.25) is 0 Å². The molecule has 2 fully saturated rings. The molecule has 2 aliphatic heterocycles. The molecule has 33 heavy (non-hydrogen) atoms. The van der Waals surface area contributed by atoms with Crippen LogP contribution in [0.1, 0.15) is 36.9 Å². The molecular formula is C26H23N7. The van der Waals surface area contributed by atoms with Crippen LogP contribution in [0.15, 0.2) is 55.0 Å². The van der Waals surface area contributed by atoms with Crippen molar-refractivity contribution >= 4 is 5.82 Å². The number of rotatable bonds is 2. The molecule has 4 aromatic rings. The molecule has 1 aliphatic carbocycles. The lowest BCUT2D eigenvalue weighted by Crippen LogP contribution is -2.33. The third kappa shape index (κ3) is 2.83. The fourth-order valence-corrected chi connectivity index (χ4v) is 5.68. The molecule has 1 saturated heterocycles. The van der Waals surface area contributed by atoms with Gasteiger partial charge in [-0.1, -0.05) is 18.6 Å². The second-order valence-corrected chi connectivity index (χ2v) is 9.62. The highest BCUT2D eigenvalue weighted by Crippen LogP contribution is 2.48. The molecule has 0 amide bonds. The van der Waals surface area contributed by atoms with Crippen LogP contribution >= 0.6 is 0 Å². The zero-order chi connectivity index (χ0) is 22.0. The van der Waals surface area contributed by atoms with Crippen molar-refractivity contribution in [3.63, 3.8) is 0 Å². The number of nitrogens with zero attached hydrogens (tertiary/aromatic N) is 7. The van der Waals surface area contributed by atoms with Crippen LogP contribution in [0, 0.1) is 16.7 Å². The summed E-state index contributed by atoms with van der Waals surface area (Å²) in [5.41, 5.74) is 6.46. The van der Waals surface area contributed by atoms with Gasteiger partial charge in [-0.2, -0.15) is 5.26 Å². The molecule has 7 nitrogen and oxygen atoms in total. The zero-order valence-electron chi connectivity index (χ0n) is 18.3. The number of hydrogen-bond acceptors (Lipinski definition) is 5. The van der Waals surface area contributed by atoms with Crippen molar-refractivity contribution in [1.29, 1.82) is 5.26 Å². The molecule has 5 heterocycles. The Morgan fingerprint density at radius 1 is 1.00 bits per heavy atom. The molecule has 0 unspecified atom stereocenters. The maximum Gasteiger partial charge on any atom is 0.185 e. The lowest BCUT2D eigenvalue weighted by Gasteiger charge is -2.38. The quantitative estimate of drug-likeness (QED) is 0.412. The van der Waals surface area contributed by atoms with Gasteiger partial charge in [-0.05, 0) is 60.6 Å². The van der Waals surface area contributed by atoms with Crippen LogP contribution in [-0.2, 0) is 6.54 Å². The minimum atomic E-state index is 0.541. The van der Waals surface area contributed by atoms with Gasteiger partial charge in [0.05, 0.1) is 35.3 Å². The first-order valence-corrected chi connectivity index (χ1v) is 11.6. The summed E-state index contributed by atoms with van der Waals surface area (Å²) in [5, 5.41) is 17.8. The van der Waals surface area contributed by atoms with E-state index in [0.29, 0.717) is 17.5 Å². The van der Waals surface area contributed by atoms with Crippen molar-refractivity contribution in [2.45, 2.75) is 32.2 Å². The minimum Gasteiger partial charge on any atom is -0.356 e. The van der Waals surface area contributed by atoms with Crippen LogP contribution in [0.25, 0.3) is 28.3 Å². The first-order chi connectivity index (χ1) is 16.2. The van der Waals surface area contributed by atoms with E-state index in [1.54, 1.807) is 6.33 Å². The summed E-state index contributed by atoms with van der Waals surface area (Å²) in [6.45, 7) is 2.91. The average Bonchev–Trinajstić information content (AvgIpc) is 3.56. The van der Waals surface area contributed by atoms with Crippen LogP contribution in [-0.4, -0.2) is 37.4 Å². The number of pyridine rings is 1. The fourth-order valence-electron chi connectivity index (χ4n) is 5.68. The van der Waals surface area contributed by atoms with E-state index in [9.17, 15) is 0 Å². The largest absolute Gasteiger partial charge is 0.356 e. The van der Waals surface area contributed by atoms with Crippen LogP contribution in [0.5, 0.6) is 0 Å². The van der Waals surface area contributed by atoms with Gasteiger partial charge in [-0.3, -0.25) is 4.57 Å². The Morgan fingerprint density at radius 3 is 2.64 bits per heavy atom. The van der Waals surface area contributed by atoms with Crippen molar-refractivity contribution in [3.8, 4) is 34.4 Å². The molecule has 0 N–H and O–H groups in total. The first kappa shape index (κ1) is 18.6. The fraction of sp³-hybridized carbons (Fsp3) is 0.308. The SMILES string of the molecule is N#Cc1ccc(-c2cc3n(c2)Cc2nc(N4CCC5(CCC5)C4)ccc2-n2cnnc2-3)cc1. The highest BCUT2D eigenvalue weighted by atomic mass is 15.3. The summed E-state index contributed by atoms with van der Waals surface area (Å²) < 4.78 is 4.26. The topological polar surface area (TPSA) is 75.6 Å². The molecule has 1 aromatic carbocycles. The van der Waals surface area contributed by atoms with Crippen molar-refractivity contribution in [2.24, 2.45) is 5.41 Å². The zero-order valence-corrected chi connectivity index (χ0v) is 18.3. The summed E-state index contributed by atoms with van der Waals surface area (Å²) in [5.74, 6) is 1.90. The third-order valence-electron chi connectivity index (χ3n) is 7.71. The molecule has 0 bridgehead atoms. The van der Waals surface area contributed by atoms with Crippen molar-refractivity contribution in [1.82, 2.24) is 24.3 Å². The lowest BCUT2D eigenvalue weighted by molar-refractivity contribution is 0.165. The minimum absolute atomic E-state index is 0.541. The summed E-state index contributed by atoms with van der Waals surface area (Å²) >= 11 is 0. The highest BCUT2D eigenvalue weighted by molar-refractivity contribution is 5.71. The molecule has 3 aliphatic rings. The summed E-state index contributed by atoms with van der Waals surface area (Å²) in [6, 6.07) is 16.4. The maximum absolute atomic E-state index is 9.11. The van der Waals surface area contributed by atoms with E-state index in [0.717, 1.165) is 52.9 Å². The smallest absolute Gasteiger partial charge is 0.185 e. The Morgan fingerprint density at radius 2 is 1.88 bits per heavy atom. The van der Waals surface area contributed by atoms with E-state index in [4.69, 9.17) is 10.2 Å². The van der Waals surface area contributed by atoms with Gasteiger partial charge >= 0.3 is 0 Å². The van der Waals surface area contributed by atoms with Crippen LogP contribution in [0.4, 0.5) is 5.82 Å². The second kappa shape index (κ2) is 6.79. The summed E-state index contributed by atoms with van der Waals surface area (Å²) in [6.07, 6.45) is 9.32. The monoisotopic (exact) mass is 433 g/mol. The van der Waals surface area contributed by atoms with Crippen LogP contribution in [0.3, 0.4) is 0 Å². The molecule has 3 aromatic heterocycles. The standard InChI is InChI=1S/C26H23N7/c27-13-18-2-4-19(5-3-18)20-12-23-25-30-28-17-33(25)22-6-7-24(29-21(22)15-32(23)14-20)31-11-10-26(16-31)8-1-9-26/h2-7,12,14,17H,1,8-11,15-16H2. The van der Waals surface area contributed by atoms with E-state index in [1.807, 2.05) is 28.8 Å². The molecule has 1 spiro atoms. The molecular weight excluding hydrogens is 410 g/mol. The predicted octanol–water partition coefficient (Wildman–Crippen LogP) is 4.41. The normalized spacial score (nSPS) is 17.6. The van der Waals surface area contributed by atoms with Gasteiger partial charge in [0.25, 0.3) is 0 Å². The van der Waals surface area contributed by atoms with Gasteiger partial charge in [0, 0.05) is 24.8 Å². The van der Waals surface area contributed by atoms with Crippen LogP contribution < -0.4 is 4.90 Å². The Hall–Kier alpha value is -3.92. The molecule has 0 radical (unpaired) electrons. The number of fused-ring (bicyclic) bond motifs is 5. The molecule has 1 saturated carbocycles. The van der Waals surface area contributed by atoms with E-state index >= 15 is 0 Å². The van der Waals surface area contributed by atoms with Crippen molar-refractivity contribution in [2.75, 3.05) is 18.0 Å². The molecule has 0 atom stereocenters. The number of aromatic nitrogens is 5.